The van der Waals surface area contributed by atoms with Crippen LogP contribution in [0.15, 0.2) is 188 Å². The topological polar surface area (TPSA) is 38.9 Å². The van der Waals surface area contributed by atoms with Gasteiger partial charge in [0.05, 0.1) is 16.7 Å². The smallest absolute Gasteiger partial charge is 0.113 e. The van der Waals surface area contributed by atoms with E-state index in [0.29, 0.717) is 0 Å². The monoisotopic (exact) mass is 653 g/mol. The molecule has 8 aromatic carbocycles. The molecule has 0 unspecified atom stereocenters. The SMILES string of the molecule is c1ccc2cc(-c3ccc(N(c4ccc(-n5nc6ccccc6n5)cc4)c4ccc(-n5c6ccccc6c6ccccc65)cc4)cc3)ccc2c1. The average molecular weight is 654 g/mol. The van der Waals surface area contributed by atoms with Gasteiger partial charge in [-0.25, -0.2) is 0 Å². The Bertz CT molecular complexity index is 2760. The first-order valence-corrected chi connectivity index (χ1v) is 17.2. The standard InChI is InChI=1S/C46H31N5/c1-2-10-34-31-35(18-17-32(34)9-1)33-19-21-36(22-20-33)49(38-27-29-40(30-28-38)51-47-43-13-5-6-14-44(43)48-51)37-23-25-39(26-24-37)50-45-15-7-3-11-41(45)42-12-4-8-16-46(42)50/h1-31H. The highest BCUT2D eigenvalue weighted by Gasteiger charge is 2.16. The van der Waals surface area contributed by atoms with E-state index in [-0.39, 0.29) is 0 Å². The Kier molecular flexibility index (Phi) is 6.74. The van der Waals surface area contributed by atoms with Crippen LogP contribution in [0.5, 0.6) is 0 Å². The number of para-hydroxylation sites is 2. The Morgan fingerprint density at radius 1 is 0.373 bits per heavy atom. The van der Waals surface area contributed by atoms with E-state index in [1.165, 1.54) is 43.7 Å². The van der Waals surface area contributed by atoms with Crippen molar-refractivity contribution in [2.75, 3.05) is 4.90 Å². The van der Waals surface area contributed by atoms with E-state index in [2.05, 4.69) is 173 Å². The van der Waals surface area contributed by atoms with E-state index < -0.39 is 0 Å². The summed E-state index contributed by atoms with van der Waals surface area (Å²) in [6.07, 6.45) is 0. The third-order valence-electron chi connectivity index (χ3n) is 9.78. The molecule has 10 aromatic rings. The molecule has 0 saturated carbocycles. The van der Waals surface area contributed by atoms with Crippen molar-refractivity contribution >= 4 is 60.7 Å². The lowest BCUT2D eigenvalue weighted by molar-refractivity contribution is 0.766. The molecule has 0 spiro atoms. The predicted octanol–water partition coefficient (Wildman–Crippen LogP) is 11.8. The lowest BCUT2D eigenvalue weighted by Gasteiger charge is -2.26. The van der Waals surface area contributed by atoms with Gasteiger partial charge in [0.25, 0.3) is 0 Å². The maximum atomic E-state index is 4.70. The fourth-order valence-electron chi connectivity index (χ4n) is 7.28. The van der Waals surface area contributed by atoms with Crippen molar-refractivity contribution in [3.63, 3.8) is 0 Å². The molecular weight excluding hydrogens is 623 g/mol. The molecule has 0 saturated heterocycles. The van der Waals surface area contributed by atoms with Gasteiger partial charge in [-0.05, 0) is 113 Å². The second-order valence-electron chi connectivity index (χ2n) is 12.8. The zero-order valence-electron chi connectivity index (χ0n) is 27.6. The second-order valence-corrected chi connectivity index (χ2v) is 12.8. The summed E-state index contributed by atoms with van der Waals surface area (Å²) < 4.78 is 2.35. The maximum Gasteiger partial charge on any atom is 0.113 e. The van der Waals surface area contributed by atoms with Gasteiger partial charge >= 0.3 is 0 Å². The largest absolute Gasteiger partial charge is 0.311 e. The van der Waals surface area contributed by atoms with Gasteiger partial charge in [-0.15, -0.1) is 10.2 Å². The highest BCUT2D eigenvalue weighted by atomic mass is 15.5. The van der Waals surface area contributed by atoms with E-state index in [4.69, 9.17) is 10.2 Å². The number of anilines is 3. The molecule has 2 heterocycles. The van der Waals surface area contributed by atoms with Gasteiger partial charge in [0, 0.05) is 33.5 Å². The molecule has 0 aliphatic carbocycles. The van der Waals surface area contributed by atoms with Gasteiger partial charge in [0.1, 0.15) is 11.0 Å². The molecule has 0 amide bonds. The van der Waals surface area contributed by atoms with Crippen LogP contribution in [0.1, 0.15) is 0 Å². The van der Waals surface area contributed by atoms with E-state index in [0.717, 1.165) is 39.5 Å². The van der Waals surface area contributed by atoms with Gasteiger partial charge < -0.3 is 9.47 Å². The van der Waals surface area contributed by atoms with Crippen LogP contribution in [0.3, 0.4) is 0 Å². The molecule has 5 nitrogen and oxygen atoms in total. The van der Waals surface area contributed by atoms with E-state index in [1.54, 1.807) is 4.80 Å². The Balaban J connectivity index is 1.06. The normalized spacial score (nSPS) is 11.5. The third kappa shape index (κ3) is 5.03. The summed E-state index contributed by atoms with van der Waals surface area (Å²) in [6.45, 7) is 0. The molecule has 2 aromatic heterocycles. The van der Waals surface area contributed by atoms with Crippen LogP contribution >= 0.6 is 0 Å². The average Bonchev–Trinajstić information content (AvgIpc) is 3.79. The first-order chi connectivity index (χ1) is 25.3. The quantitative estimate of drug-likeness (QED) is 0.179. The molecule has 10 rings (SSSR count). The number of hydrogen-bond donors (Lipinski definition) is 0. The molecule has 0 N–H and O–H groups in total. The van der Waals surface area contributed by atoms with Crippen LogP contribution in [-0.2, 0) is 0 Å². The zero-order chi connectivity index (χ0) is 33.7. The number of rotatable bonds is 6. The third-order valence-corrected chi connectivity index (χ3v) is 9.78. The van der Waals surface area contributed by atoms with E-state index >= 15 is 0 Å². The molecule has 5 heteroatoms. The first kappa shape index (κ1) is 29.0. The molecule has 240 valence electrons. The molecule has 0 atom stereocenters. The van der Waals surface area contributed by atoms with Gasteiger partial charge in [0.2, 0.25) is 0 Å². The minimum atomic E-state index is 0.873. The Morgan fingerprint density at radius 2 is 0.843 bits per heavy atom. The van der Waals surface area contributed by atoms with Crippen molar-refractivity contribution < 1.29 is 0 Å². The summed E-state index contributed by atoms with van der Waals surface area (Å²) in [7, 11) is 0. The van der Waals surface area contributed by atoms with E-state index in [1.807, 2.05) is 24.3 Å². The van der Waals surface area contributed by atoms with Crippen LogP contribution in [0.25, 0.3) is 66.1 Å². The molecule has 51 heavy (non-hydrogen) atoms. The summed E-state index contributed by atoms with van der Waals surface area (Å²) >= 11 is 0. The summed E-state index contributed by atoms with van der Waals surface area (Å²) in [5.74, 6) is 0. The summed E-state index contributed by atoms with van der Waals surface area (Å²) in [4.78, 5) is 4.01. The van der Waals surface area contributed by atoms with Crippen molar-refractivity contribution in [3.05, 3.63) is 188 Å². The Hall–Kier alpha value is -6.98. The van der Waals surface area contributed by atoms with Gasteiger partial charge in [-0.3, -0.25) is 0 Å². The van der Waals surface area contributed by atoms with Crippen LogP contribution < -0.4 is 4.90 Å². The van der Waals surface area contributed by atoms with Crippen LogP contribution in [-0.4, -0.2) is 19.6 Å². The Labute approximate surface area is 294 Å². The zero-order valence-corrected chi connectivity index (χ0v) is 27.6. The van der Waals surface area contributed by atoms with Gasteiger partial charge in [-0.2, -0.15) is 4.80 Å². The lowest BCUT2D eigenvalue weighted by Crippen LogP contribution is -2.10. The van der Waals surface area contributed by atoms with Crippen molar-refractivity contribution in [1.82, 2.24) is 19.6 Å². The molecule has 0 aliphatic rings. The van der Waals surface area contributed by atoms with Crippen molar-refractivity contribution in [3.8, 4) is 22.5 Å². The van der Waals surface area contributed by atoms with Gasteiger partial charge in [-0.1, -0.05) is 97.1 Å². The van der Waals surface area contributed by atoms with Gasteiger partial charge in [0.15, 0.2) is 0 Å². The Morgan fingerprint density at radius 3 is 1.45 bits per heavy atom. The summed E-state index contributed by atoms with van der Waals surface area (Å²) in [5, 5.41) is 14.4. The van der Waals surface area contributed by atoms with Crippen molar-refractivity contribution in [1.29, 1.82) is 0 Å². The fourth-order valence-corrected chi connectivity index (χ4v) is 7.28. The lowest BCUT2D eigenvalue weighted by atomic mass is 10.0. The van der Waals surface area contributed by atoms with Crippen LogP contribution in [0, 0.1) is 0 Å². The fraction of sp³-hybridized carbons (Fsp3) is 0. The highest BCUT2D eigenvalue weighted by molar-refractivity contribution is 6.09. The summed E-state index contributed by atoms with van der Waals surface area (Å²) in [5.41, 5.74) is 11.7. The molecule has 0 bridgehead atoms. The summed E-state index contributed by atoms with van der Waals surface area (Å²) in [6, 6.07) is 66.5. The highest BCUT2D eigenvalue weighted by Crippen LogP contribution is 2.38. The number of benzene rings is 8. The minimum absolute atomic E-state index is 0.873. The number of aromatic nitrogens is 4. The van der Waals surface area contributed by atoms with Crippen LogP contribution in [0.2, 0.25) is 0 Å². The number of nitrogens with zero attached hydrogens (tertiary/aromatic N) is 5. The first-order valence-electron chi connectivity index (χ1n) is 17.2. The van der Waals surface area contributed by atoms with Crippen molar-refractivity contribution in [2.24, 2.45) is 0 Å². The molecular formula is C46H31N5. The minimum Gasteiger partial charge on any atom is -0.311 e. The predicted molar refractivity (Wildman–Crippen MR) is 211 cm³/mol. The number of fused-ring (bicyclic) bond motifs is 5. The number of hydrogen-bond acceptors (Lipinski definition) is 3. The molecule has 0 aliphatic heterocycles. The molecule has 0 radical (unpaired) electrons. The second kappa shape index (κ2) is 11.9. The molecule has 0 fully saturated rings. The maximum absolute atomic E-state index is 4.70. The van der Waals surface area contributed by atoms with Crippen LogP contribution in [0.4, 0.5) is 17.1 Å². The van der Waals surface area contributed by atoms with E-state index in [9.17, 15) is 0 Å². The van der Waals surface area contributed by atoms with Crippen molar-refractivity contribution in [2.45, 2.75) is 0 Å².